The van der Waals surface area contributed by atoms with E-state index in [1.54, 1.807) is 25.4 Å². The quantitative estimate of drug-likeness (QED) is 0.265. The number of para-hydroxylation sites is 1. The van der Waals surface area contributed by atoms with Gasteiger partial charge in [0, 0.05) is 62.5 Å². The molecule has 0 saturated carbocycles. The molecule has 4 aromatic rings. The standard InChI is InChI=1S/C31H38FN7O/c1-5-33-31-34-17-16-26(35-31)30-29(22-10-12-24(32)13-11-22)36-28-15-14-25(39(28)30)21-38(19-18-37(2)3)20-23-8-6-7-9-27(23)40-4/h6-13,16-17,25H,5,14-15,18-21H2,1-4H3,(H,33,34,35)/t25-/m0/s1. The number of hydrogen-bond donors (Lipinski definition) is 1. The minimum absolute atomic E-state index is 0.209. The van der Waals surface area contributed by atoms with E-state index in [1.165, 1.54) is 17.7 Å². The zero-order valence-electron chi connectivity index (χ0n) is 23.8. The number of nitrogens with zero attached hydrogens (tertiary/aromatic N) is 6. The molecule has 2 aromatic heterocycles. The number of nitrogens with one attached hydrogen (secondary N) is 1. The van der Waals surface area contributed by atoms with Crippen molar-refractivity contribution in [2.24, 2.45) is 0 Å². The van der Waals surface area contributed by atoms with E-state index in [1.807, 2.05) is 25.1 Å². The first kappa shape index (κ1) is 27.7. The number of likely N-dealkylation sites (N-methyl/N-ethyl adjacent to an activating group) is 1. The number of aromatic nitrogens is 4. The molecule has 0 unspecified atom stereocenters. The van der Waals surface area contributed by atoms with Crippen LogP contribution in [0.5, 0.6) is 5.75 Å². The van der Waals surface area contributed by atoms with Crippen molar-refractivity contribution in [3.05, 3.63) is 78.0 Å². The van der Waals surface area contributed by atoms with Crippen LogP contribution in [0, 0.1) is 5.82 Å². The number of fused-ring (bicyclic) bond motifs is 1. The van der Waals surface area contributed by atoms with Crippen LogP contribution in [0.15, 0.2) is 60.8 Å². The molecule has 0 spiro atoms. The second-order valence-electron chi connectivity index (χ2n) is 10.4. The number of methoxy groups -OCH3 is 1. The summed E-state index contributed by atoms with van der Waals surface area (Å²) in [6.45, 7) is 6.27. The summed E-state index contributed by atoms with van der Waals surface area (Å²) >= 11 is 0. The number of anilines is 1. The summed E-state index contributed by atoms with van der Waals surface area (Å²) in [7, 11) is 5.94. The SMILES string of the molecule is CCNc1nccc(-c2c(-c3ccc(F)cc3)nc3n2[C@H](CN(CCN(C)C)Cc2ccccc2OC)CC3)n1. The second kappa shape index (κ2) is 12.6. The van der Waals surface area contributed by atoms with Crippen LogP contribution in [-0.4, -0.2) is 76.7 Å². The average molecular weight is 544 g/mol. The number of imidazole rings is 1. The Labute approximate surface area is 235 Å². The lowest BCUT2D eigenvalue weighted by molar-refractivity contribution is 0.203. The summed E-state index contributed by atoms with van der Waals surface area (Å²) in [5.74, 6) is 2.26. The maximum atomic E-state index is 13.8. The van der Waals surface area contributed by atoms with E-state index in [0.29, 0.717) is 5.95 Å². The van der Waals surface area contributed by atoms with E-state index in [-0.39, 0.29) is 11.9 Å². The predicted octanol–water partition coefficient (Wildman–Crippen LogP) is 5.14. The third kappa shape index (κ3) is 6.16. The Bertz CT molecular complexity index is 1420. The normalized spacial score (nSPS) is 14.6. The van der Waals surface area contributed by atoms with Gasteiger partial charge in [-0.3, -0.25) is 4.90 Å². The van der Waals surface area contributed by atoms with Crippen LogP contribution in [0.3, 0.4) is 0 Å². The molecule has 2 aromatic carbocycles. The van der Waals surface area contributed by atoms with Crippen LogP contribution in [0.25, 0.3) is 22.6 Å². The van der Waals surface area contributed by atoms with Gasteiger partial charge in [0.05, 0.1) is 24.2 Å². The van der Waals surface area contributed by atoms with Gasteiger partial charge in [-0.15, -0.1) is 0 Å². The van der Waals surface area contributed by atoms with Gasteiger partial charge in [-0.2, -0.15) is 0 Å². The van der Waals surface area contributed by atoms with Crippen molar-refractivity contribution >= 4 is 5.95 Å². The summed E-state index contributed by atoms with van der Waals surface area (Å²) in [4.78, 5) is 19.1. The van der Waals surface area contributed by atoms with Gasteiger partial charge in [-0.1, -0.05) is 18.2 Å². The minimum atomic E-state index is -0.265. The van der Waals surface area contributed by atoms with E-state index in [0.717, 1.165) is 79.8 Å². The van der Waals surface area contributed by atoms with Crippen molar-refractivity contribution in [3.8, 4) is 28.4 Å². The lowest BCUT2D eigenvalue weighted by Crippen LogP contribution is -2.35. The second-order valence-corrected chi connectivity index (χ2v) is 10.4. The average Bonchev–Trinajstić information content (AvgIpc) is 3.52. The summed E-state index contributed by atoms with van der Waals surface area (Å²) < 4.78 is 21.9. The molecular formula is C31H38FN7O. The molecule has 0 fully saturated rings. The zero-order chi connectivity index (χ0) is 28.1. The van der Waals surface area contributed by atoms with Crippen LogP contribution in [-0.2, 0) is 13.0 Å². The van der Waals surface area contributed by atoms with Gasteiger partial charge in [0.15, 0.2) is 0 Å². The molecule has 1 aliphatic rings. The number of benzene rings is 2. The Morgan fingerprint density at radius 3 is 2.60 bits per heavy atom. The molecule has 0 radical (unpaired) electrons. The highest BCUT2D eigenvalue weighted by Gasteiger charge is 2.32. The van der Waals surface area contributed by atoms with Crippen LogP contribution >= 0.6 is 0 Å². The Balaban J connectivity index is 1.54. The lowest BCUT2D eigenvalue weighted by Gasteiger charge is -2.29. The first-order chi connectivity index (χ1) is 19.5. The van der Waals surface area contributed by atoms with E-state index >= 15 is 0 Å². The van der Waals surface area contributed by atoms with Gasteiger partial charge in [0.2, 0.25) is 5.95 Å². The van der Waals surface area contributed by atoms with Gasteiger partial charge < -0.3 is 19.5 Å². The fraction of sp³-hybridized carbons (Fsp3) is 0.387. The molecule has 5 rings (SSSR count). The third-order valence-corrected chi connectivity index (χ3v) is 7.32. The van der Waals surface area contributed by atoms with Gasteiger partial charge in [0.1, 0.15) is 17.4 Å². The molecule has 1 atom stereocenters. The Kier molecular flexibility index (Phi) is 8.72. The molecule has 0 aliphatic carbocycles. The lowest BCUT2D eigenvalue weighted by atomic mass is 10.1. The largest absolute Gasteiger partial charge is 0.496 e. The third-order valence-electron chi connectivity index (χ3n) is 7.32. The maximum Gasteiger partial charge on any atom is 0.223 e. The summed E-state index contributed by atoms with van der Waals surface area (Å²) in [6, 6.07) is 16.9. The van der Waals surface area contributed by atoms with Gasteiger partial charge in [0.25, 0.3) is 0 Å². The molecule has 210 valence electrons. The number of halogens is 1. The summed E-state index contributed by atoms with van der Waals surface area (Å²) in [5.41, 5.74) is 4.63. The summed E-state index contributed by atoms with van der Waals surface area (Å²) in [6.07, 6.45) is 3.65. The van der Waals surface area contributed by atoms with Crippen molar-refractivity contribution in [1.82, 2.24) is 29.3 Å². The number of rotatable bonds is 12. The highest BCUT2D eigenvalue weighted by Crippen LogP contribution is 2.39. The van der Waals surface area contributed by atoms with Crippen LogP contribution in [0.2, 0.25) is 0 Å². The molecule has 1 aliphatic heterocycles. The molecule has 3 heterocycles. The molecule has 1 N–H and O–H groups in total. The van der Waals surface area contributed by atoms with Gasteiger partial charge in [-0.05, 0) is 63.8 Å². The minimum Gasteiger partial charge on any atom is -0.496 e. The van der Waals surface area contributed by atoms with Gasteiger partial charge in [-0.25, -0.2) is 19.3 Å². The van der Waals surface area contributed by atoms with Crippen molar-refractivity contribution in [3.63, 3.8) is 0 Å². The molecule has 0 amide bonds. The Hall–Kier alpha value is -3.82. The van der Waals surface area contributed by atoms with Crippen LogP contribution < -0.4 is 10.1 Å². The molecule has 40 heavy (non-hydrogen) atoms. The smallest absolute Gasteiger partial charge is 0.223 e. The summed E-state index contributed by atoms with van der Waals surface area (Å²) in [5, 5.41) is 3.23. The number of hydrogen-bond acceptors (Lipinski definition) is 7. The van der Waals surface area contributed by atoms with Crippen molar-refractivity contribution in [1.29, 1.82) is 0 Å². The number of aryl methyl sites for hydroxylation is 1. The molecule has 8 nitrogen and oxygen atoms in total. The topological polar surface area (TPSA) is 71.3 Å². The van der Waals surface area contributed by atoms with Crippen LogP contribution in [0.4, 0.5) is 10.3 Å². The zero-order valence-corrected chi connectivity index (χ0v) is 23.8. The maximum absolute atomic E-state index is 13.8. The first-order valence-electron chi connectivity index (χ1n) is 13.9. The number of ether oxygens (including phenoxy) is 1. The predicted molar refractivity (Wildman–Crippen MR) is 157 cm³/mol. The highest BCUT2D eigenvalue weighted by molar-refractivity contribution is 5.78. The Morgan fingerprint density at radius 2 is 1.85 bits per heavy atom. The molecule has 0 bridgehead atoms. The van der Waals surface area contributed by atoms with Crippen molar-refractivity contribution in [2.75, 3.05) is 52.7 Å². The van der Waals surface area contributed by atoms with Crippen molar-refractivity contribution in [2.45, 2.75) is 32.4 Å². The Morgan fingerprint density at radius 1 is 1.05 bits per heavy atom. The highest BCUT2D eigenvalue weighted by atomic mass is 19.1. The monoisotopic (exact) mass is 543 g/mol. The fourth-order valence-corrected chi connectivity index (χ4v) is 5.38. The van der Waals surface area contributed by atoms with Crippen molar-refractivity contribution < 1.29 is 9.13 Å². The van der Waals surface area contributed by atoms with E-state index < -0.39 is 0 Å². The molecule has 0 saturated heterocycles. The first-order valence-corrected chi connectivity index (χ1v) is 13.9. The van der Waals surface area contributed by atoms with Crippen LogP contribution in [0.1, 0.15) is 30.8 Å². The fourth-order valence-electron chi connectivity index (χ4n) is 5.38. The van der Waals surface area contributed by atoms with E-state index in [2.05, 4.69) is 50.9 Å². The molecule has 9 heteroatoms. The van der Waals surface area contributed by atoms with E-state index in [4.69, 9.17) is 14.7 Å². The van der Waals surface area contributed by atoms with Gasteiger partial charge >= 0.3 is 0 Å². The molecular weight excluding hydrogens is 505 g/mol. The van der Waals surface area contributed by atoms with E-state index in [9.17, 15) is 4.39 Å².